The third-order valence-electron chi connectivity index (χ3n) is 3.61. The lowest BCUT2D eigenvalue weighted by Crippen LogP contribution is -2.20. The fraction of sp³-hybridized carbons (Fsp3) is 0.176. The highest BCUT2D eigenvalue weighted by atomic mass is 19.1. The van der Waals surface area contributed by atoms with E-state index in [-0.39, 0.29) is 17.6 Å². The van der Waals surface area contributed by atoms with Crippen molar-refractivity contribution in [1.29, 1.82) is 0 Å². The molecule has 0 radical (unpaired) electrons. The largest absolute Gasteiger partial charge is 0.273 e. The fourth-order valence-corrected chi connectivity index (χ4v) is 2.36. The molecule has 3 nitrogen and oxygen atoms in total. The average Bonchev–Trinajstić information content (AvgIpc) is 3.31. The lowest BCUT2D eigenvalue weighted by molar-refractivity contribution is -0.122. The van der Waals surface area contributed by atoms with Crippen LogP contribution >= 0.6 is 0 Å². The molecule has 3 rings (SSSR count). The van der Waals surface area contributed by atoms with Crippen LogP contribution in [-0.4, -0.2) is 12.1 Å². The number of hydrogen-bond donors (Lipinski definition) is 1. The number of nitrogens with one attached hydrogen (secondary N) is 1. The molecule has 1 aliphatic rings. The first-order valence-corrected chi connectivity index (χ1v) is 6.87. The Morgan fingerprint density at radius 1 is 1.14 bits per heavy atom. The summed E-state index contributed by atoms with van der Waals surface area (Å²) in [7, 11) is 0. The van der Waals surface area contributed by atoms with Gasteiger partial charge in [-0.05, 0) is 35.6 Å². The van der Waals surface area contributed by atoms with Gasteiger partial charge in [0.25, 0.3) is 0 Å². The number of hydrogen-bond acceptors (Lipinski definition) is 2. The van der Waals surface area contributed by atoms with Crippen LogP contribution in [0.2, 0.25) is 0 Å². The van der Waals surface area contributed by atoms with Crippen molar-refractivity contribution >= 4 is 12.1 Å². The van der Waals surface area contributed by atoms with E-state index in [0.29, 0.717) is 5.92 Å². The fourth-order valence-electron chi connectivity index (χ4n) is 2.36. The van der Waals surface area contributed by atoms with Crippen molar-refractivity contribution in [2.24, 2.45) is 11.0 Å². The molecule has 106 valence electrons. The lowest BCUT2D eigenvalue weighted by atomic mass is 10.1. The summed E-state index contributed by atoms with van der Waals surface area (Å²) in [5.41, 5.74) is 4.48. The zero-order valence-electron chi connectivity index (χ0n) is 11.4. The second-order valence-corrected chi connectivity index (χ2v) is 5.15. The van der Waals surface area contributed by atoms with E-state index in [2.05, 4.69) is 10.5 Å². The Morgan fingerprint density at radius 3 is 2.57 bits per heavy atom. The predicted molar refractivity (Wildman–Crippen MR) is 79.4 cm³/mol. The molecule has 2 atom stereocenters. The normalized spacial score (nSPS) is 20.4. The maximum absolute atomic E-state index is 12.7. The standard InChI is InChI=1S/C17H15FN2O/c18-14-8-6-12(7-9-14)11-19-20-17(21)16-10-15(16)13-4-2-1-3-5-13/h1-9,11,15-16H,10H2,(H,20,21)/b19-11-/t15-,16-/m0/s1. The van der Waals surface area contributed by atoms with Crippen LogP contribution in [0.4, 0.5) is 4.39 Å². The van der Waals surface area contributed by atoms with Crippen LogP contribution in [0.1, 0.15) is 23.5 Å². The van der Waals surface area contributed by atoms with Gasteiger partial charge in [-0.1, -0.05) is 42.5 Å². The molecule has 2 aromatic carbocycles. The topological polar surface area (TPSA) is 41.5 Å². The Labute approximate surface area is 122 Å². The maximum atomic E-state index is 12.7. The summed E-state index contributed by atoms with van der Waals surface area (Å²) in [6.45, 7) is 0. The van der Waals surface area contributed by atoms with Gasteiger partial charge in [-0.25, -0.2) is 9.82 Å². The maximum Gasteiger partial charge on any atom is 0.243 e. The highest BCUT2D eigenvalue weighted by molar-refractivity contribution is 5.85. The van der Waals surface area contributed by atoms with Crippen molar-refractivity contribution in [3.05, 3.63) is 71.5 Å². The van der Waals surface area contributed by atoms with Crippen LogP contribution in [0.5, 0.6) is 0 Å². The molecule has 4 heteroatoms. The van der Waals surface area contributed by atoms with E-state index in [4.69, 9.17) is 0 Å². The molecule has 2 aromatic rings. The molecule has 0 aromatic heterocycles. The van der Waals surface area contributed by atoms with Crippen molar-refractivity contribution in [2.75, 3.05) is 0 Å². The molecule has 0 bridgehead atoms. The van der Waals surface area contributed by atoms with E-state index in [1.807, 2.05) is 30.3 Å². The number of rotatable bonds is 4. The minimum atomic E-state index is -0.292. The van der Waals surface area contributed by atoms with Crippen LogP contribution in [-0.2, 0) is 4.79 Å². The number of benzene rings is 2. The molecule has 0 heterocycles. The lowest BCUT2D eigenvalue weighted by Gasteiger charge is -2.00. The van der Waals surface area contributed by atoms with Crippen LogP contribution in [0.15, 0.2) is 59.7 Å². The van der Waals surface area contributed by atoms with E-state index in [1.165, 1.54) is 23.9 Å². The SMILES string of the molecule is O=C(N/N=C\c1ccc(F)cc1)[C@H]1C[C@H]1c1ccccc1. The molecule has 1 amide bonds. The smallest absolute Gasteiger partial charge is 0.243 e. The Balaban J connectivity index is 1.53. The van der Waals surface area contributed by atoms with Crippen LogP contribution in [0, 0.1) is 11.7 Å². The second kappa shape index (κ2) is 5.87. The zero-order chi connectivity index (χ0) is 14.7. The van der Waals surface area contributed by atoms with Crippen LogP contribution < -0.4 is 5.43 Å². The average molecular weight is 282 g/mol. The number of hydrazone groups is 1. The minimum Gasteiger partial charge on any atom is -0.273 e. The van der Waals surface area contributed by atoms with Gasteiger partial charge >= 0.3 is 0 Å². The molecule has 0 saturated heterocycles. The Kier molecular flexibility index (Phi) is 3.77. The summed E-state index contributed by atoms with van der Waals surface area (Å²) in [6.07, 6.45) is 2.37. The molecular formula is C17H15FN2O. The second-order valence-electron chi connectivity index (χ2n) is 5.15. The number of halogens is 1. The molecule has 21 heavy (non-hydrogen) atoms. The summed E-state index contributed by atoms with van der Waals surface area (Å²) in [4.78, 5) is 11.9. The predicted octanol–water partition coefficient (Wildman–Crippen LogP) is 3.08. The van der Waals surface area contributed by atoms with Gasteiger partial charge in [0, 0.05) is 5.92 Å². The van der Waals surface area contributed by atoms with E-state index in [0.717, 1.165) is 12.0 Å². The number of carbonyl (C=O) groups excluding carboxylic acids is 1. The number of nitrogens with zero attached hydrogens (tertiary/aromatic N) is 1. The van der Waals surface area contributed by atoms with Gasteiger partial charge in [-0.15, -0.1) is 0 Å². The quantitative estimate of drug-likeness (QED) is 0.679. The van der Waals surface area contributed by atoms with E-state index >= 15 is 0 Å². The highest BCUT2D eigenvalue weighted by Gasteiger charge is 2.43. The van der Waals surface area contributed by atoms with Gasteiger partial charge in [-0.2, -0.15) is 5.10 Å². The molecule has 1 fully saturated rings. The third-order valence-corrected chi connectivity index (χ3v) is 3.61. The monoisotopic (exact) mass is 282 g/mol. The molecule has 1 saturated carbocycles. The Morgan fingerprint density at radius 2 is 1.86 bits per heavy atom. The first-order chi connectivity index (χ1) is 10.2. The highest BCUT2D eigenvalue weighted by Crippen LogP contribution is 2.47. The van der Waals surface area contributed by atoms with Gasteiger partial charge in [0.2, 0.25) is 5.91 Å². The molecule has 0 aliphatic heterocycles. The molecular weight excluding hydrogens is 267 g/mol. The van der Waals surface area contributed by atoms with Crippen molar-refractivity contribution in [2.45, 2.75) is 12.3 Å². The molecule has 1 N–H and O–H groups in total. The Bertz CT molecular complexity index is 652. The molecule has 1 aliphatic carbocycles. The van der Waals surface area contributed by atoms with Gasteiger partial charge in [0.05, 0.1) is 6.21 Å². The van der Waals surface area contributed by atoms with Gasteiger partial charge < -0.3 is 0 Å². The Hall–Kier alpha value is -2.49. The zero-order valence-corrected chi connectivity index (χ0v) is 11.4. The van der Waals surface area contributed by atoms with Gasteiger partial charge in [0.15, 0.2) is 0 Å². The third kappa shape index (κ3) is 3.34. The van der Waals surface area contributed by atoms with Crippen molar-refractivity contribution < 1.29 is 9.18 Å². The number of carbonyl (C=O) groups is 1. The summed E-state index contributed by atoms with van der Waals surface area (Å²) in [5.74, 6) is -0.0629. The summed E-state index contributed by atoms with van der Waals surface area (Å²) in [6, 6.07) is 15.9. The van der Waals surface area contributed by atoms with Crippen molar-refractivity contribution in [3.8, 4) is 0 Å². The van der Waals surface area contributed by atoms with Crippen LogP contribution in [0.3, 0.4) is 0 Å². The summed E-state index contributed by atoms with van der Waals surface area (Å²) >= 11 is 0. The van der Waals surface area contributed by atoms with E-state index in [9.17, 15) is 9.18 Å². The van der Waals surface area contributed by atoms with Crippen LogP contribution in [0.25, 0.3) is 0 Å². The van der Waals surface area contributed by atoms with Gasteiger partial charge in [0.1, 0.15) is 5.82 Å². The first kappa shape index (κ1) is 13.5. The van der Waals surface area contributed by atoms with E-state index in [1.54, 1.807) is 12.1 Å². The summed E-state index contributed by atoms with van der Waals surface area (Å²) < 4.78 is 12.7. The minimum absolute atomic E-state index is 0.00207. The van der Waals surface area contributed by atoms with Crippen molar-refractivity contribution in [3.63, 3.8) is 0 Å². The van der Waals surface area contributed by atoms with Gasteiger partial charge in [-0.3, -0.25) is 4.79 Å². The van der Waals surface area contributed by atoms with E-state index < -0.39 is 0 Å². The summed E-state index contributed by atoms with van der Waals surface area (Å²) in [5, 5.41) is 3.91. The van der Waals surface area contributed by atoms with Crippen molar-refractivity contribution in [1.82, 2.24) is 5.43 Å². The number of amides is 1. The molecule has 0 spiro atoms. The molecule has 0 unspecified atom stereocenters. The first-order valence-electron chi connectivity index (χ1n) is 6.87.